The van der Waals surface area contributed by atoms with E-state index in [-0.39, 0.29) is 0 Å². The van der Waals surface area contributed by atoms with Crippen molar-refractivity contribution in [1.82, 2.24) is 10.6 Å². The van der Waals surface area contributed by atoms with Crippen LogP contribution in [0.3, 0.4) is 0 Å². The standard InChI is InChI=1S/C10H20N2/c1-7(2)9-5-6-10(12-9)8(3)11-4/h7,9-12H,3,5-6H2,1-2,4H3. The van der Waals surface area contributed by atoms with Gasteiger partial charge in [0.25, 0.3) is 0 Å². The lowest BCUT2D eigenvalue weighted by Crippen LogP contribution is -2.36. The summed E-state index contributed by atoms with van der Waals surface area (Å²) >= 11 is 0. The molecule has 0 bridgehead atoms. The number of nitrogens with one attached hydrogen (secondary N) is 2. The predicted molar refractivity (Wildman–Crippen MR) is 53.0 cm³/mol. The van der Waals surface area contributed by atoms with Gasteiger partial charge in [0, 0.05) is 24.8 Å². The van der Waals surface area contributed by atoms with Crippen molar-refractivity contribution in [3.05, 3.63) is 12.3 Å². The molecule has 1 fully saturated rings. The van der Waals surface area contributed by atoms with Crippen LogP contribution in [0.2, 0.25) is 0 Å². The Balaban J connectivity index is 2.40. The van der Waals surface area contributed by atoms with Gasteiger partial charge in [-0.05, 0) is 18.8 Å². The zero-order chi connectivity index (χ0) is 9.14. The van der Waals surface area contributed by atoms with Crippen molar-refractivity contribution < 1.29 is 0 Å². The summed E-state index contributed by atoms with van der Waals surface area (Å²) in [6, 6.07) is 1.17. The van der Waals surface area contributed by atoms with E-state index in [4.69, 9.17) is 0 Å². The summed E-state index contributed by atoms with van der Waals surface area (Å²) in [4.78, 5) is 0. The van der Waals surface area contributed by atoms with E-state index in [0.717, 1.165) is 11.6 Å². The third-order valence-electron chi connectivity index (χ3n) is 2.73. The molecule has 1 rings (SSSR count). The molecule has 1 heterocycles. The number of hydrogen-bond donors (Lipinski definition) is 2. The van der Waals surface area contributed by atoms with Gasteiger partial charge in [-0.15, -0.1) is 0 Å². The molecule has 2 nitrogen and oxygen atoms in total. The lowest BCUT2D eigenvalue weighted by Gasteiger charge is -2.18. The average Bonchev–Trinajstić information content (AvgIpc) is 2.51. The van der Waals surface area contributed by atoms with E-state index >= 15 is 0 Å². The highest BCUT2D eigenvalue weighted by Gasteiger charge is 2.26. The Kier molecular flexibility index (Phi) is 3.15. The second-order valence-corrected chi connectivity index (χ2v) is 3.92. The monoisotopic (exact) mass is 168 g/mol. The van der Waals surface area contributed by atoms with Crippen LogP contribution in [0.1, 0.15) is 26.7 Å². The molecule has 0 aromatic rings. The normalized spacial score (nSPS) is 29.3. The van der Waals surface area contributed by atoms with E-state index in [2.05, 4.69) is 31.1 Å². The summed E-state index contributed by atoms with van der Waals surface area (Å²) < 4.78 is 0. The molecule has 0 radical (unpaired) electrons. The topological polar surface area (TPSA) is 24.1 Å². The number of rotatable bonds is 3. The maximum absolute atomic E-state index is 3.98. The molecule has 1 aliphatic heterocycles. The van der Waals surface area contributed by atoms with Crippen molar-refractivity contribution in [2.75, 3.05) is 7.05 Å². The first-order chi connectivity index (χ1) is 5.65. The summed E-state index contributed by atoms with van der Waals surface area (Å²) in [5, 5.41) is 6.69. The Morgan fingerprint density at radius 1 is 1.50 bits per heavy atom. The molecule has 70 valence electrons. The molecule has 0 saturated carbocycles. The minimum atomic E-state index is 0.488. The Morgan fingerprint density at radius 3 is 2.58 bits per heavy atom. The summed E-state index contributed by atoms with van der Waals surface area (Å²) in [5.41, 5.74) is 1.12. The Bertz CT molecular complexity index is 163. The fourth-order valence-corrected chi connectivity index (χ4v) is 1.75. The molecule has 0 spiro atoms. The molecule has 1 saturated heterocycles. The second kappa shape index (κ2) is 3.94. The molecule has 2 N–H and O–H groups in total. The van der Waals surface area contributed by atoms with Crippen LogP contribution in [0.25, 0.3) is 0 Å². The van der Waals surface area contributed by atoms with Crippen LogP contribution in [-0.4, -0.2) is 19.1 Å². The zero-order valence-electron chi connectivity index (χ0n) is 8.35. The van der Waals surface area contributed by atoms with Gasteiger partial charge >= 0.3 is 0 Å². The summed E-state index contributed by atoms with van der Waals surface area (Å²) in [7, 11) is 1.94. The highest BCUT2D eigenvalue weighted by Crippen LogP contribution is 2.21. The highest BCUT2D eigenvalue weighted by atomic mass is 15.0. The largest absolute Gasteiger partial charge is 0.391 e. The number of hydrogen-bond acceptors (Lipinski definition) is 2. The molecule has 0 amide bonds. The molecule has 0 aliphatic carbocycles. The molecule has 2 unspecified atom stereocenters. The van der Waals surface area contributed by atoms with Crippen molar-refractivity contribution in [2.45, 2.75) is 38.8 Å². The third-order valence-corrected chi connectivity index (χ3v) is 2.73. The first kappa shape index (κ1) is 9.59. The maximum Gasteiger partial charge on any atom is 0.0466 e. The van der Waals surface area contributed by atoms with Crippen molar-refractivity contribution in [3.63, 3.8) is 0 Å². The molecule has 0 aromatic carbocycles. The third kappa shape index (κ3) is 2.01. The molecule has 2 heteroatoms. The summed E-state index contributed by atoms with van der Waals surface area (Å²) in [6.07, 6.45) is 2.51. The molecule has 12 heavy (non-hydrogen) atoms. The predicted octanol–water partition coefficient (Wildman–Crippen LogP) is 1.50. The van der Waals surface area contributed by atoms with E-state index in [1.54, 1.807) is 0 Å². The smallest absolute Gasteiger partial charge is 0.0466 e. The lowest BCUT2D eigenvalue weighted by atomic mass is 10.0. The van der Waals surface area contributed by atoms with E-state index < -0.39 is 0 Å². The first-order valence-corrected chi connectivity index (χ1v) is 4.77. The molecular formula is C10H20N2. The fraction of sp³-hybridized carbons (Fsp3) is 0.800. The quantitative estimate of drug-likeness (QED) is 0.667. The van der Waals surface area contributed by atoms with Gasteiger partial charge in [0.05, 0.1) is 0 Å². The van der Waals surface area contributed by atoms with Crippen LogP contribution in [0.5, 0.6) is 0 Å². The van der Waals surface area contributed by atoms with Crippen LogP contribution in [0.15, 0.2) is 12.3 Å². The van der Waals surface area contributed by atoms with E-state index in [1.807, 2.05) is 7.05 Å². The first-order valence-electron chi connectivity index (χ1n) is 4.77. The van der Waals surface area contributed by atoms with Crippen molar-refractivity contribution in [2.24, 2.45) is 5.92 Å². The Labute approximate surface area is 75.4 Å². The molecule has 2 atom stereocenters. The maximum atomic E-state index is 3.98. The zero-order valence-corrected chi connectivity index (χ0v) is 8.35. The van der Waals surface area contributed by atoms with Gasteiger partial charge < -0.3 is 10.6 Å². The van der Waals surface area contributed by atoms with Gasteiger partial charge in [0.2, 0.25) is 0 Å². The minimum Gasteiger partial charge on any atom is -0.391 e. The van der Waals surface area contributed by atoms with Crippen molar-refractivity contribution >= 4 is 0 Å². The van der Waals surface area contributed by atoms with Crippen molar-refractivity contribution in [1.29, 1.82) is 0 Å². The molecular weight excluding hydrogens is 148 g/mol. The van der Waals surface area contributed by atoms with E-state index in [0.29, 0.717) is 12.1 Å². The van der Waals surface area contributed by atoms with Gasteiger partial charge in [-0.1, -0.05) is 20.4 Å². The van der Waals surface area contributed by atoms with Crippen LogP contribution in [0.4, 0.5) is 0 Å². The van der Waals surface area contributed by atoms with Gasteiger partial charge in [-0.2, -0.15) is 0 Å². The van der Waals surface area contributed by atoms with Gasteiger partial charge in [0.1, 0.15) is 0 Å². The number of likely N-dealkylation sites (N-methyl/N-ethyl adjacent to an activating group) is 1. The van der Waals surface area contributed by atoms with Crippen LogP contribution in [0, 0.1) is 5.92 Å². The fourth-order valence-electron chi connectivity index (χ4n) is 1.75. The van der Waals surface area contributed by atoms with Gasteiger partial charge in [0.15, 0.2) is 0 Å². The minimum absolute atomic E-state index is 0.488. The van der Waals surface area contributed by atoms with Crippen LogP contribution in [-0.2, 0) is 0 Å². The average molecular weight is 168 g/mol. The molecule has 0 aromatic heterocycles. The Morgan fingerprint density at radius 2 is 2.17 bits per heavy atom. The van der Waals surface area contributed by atoms with E-state index in [9.17, 15) is 0 Å². The highest BCUT2D eigenvalue weighted by molar-refractivity contribution is 5.06. The van der Waals surface area contributed by atoms with Crippen LogP contribution >= 0.6 is 0 Å². The van der Waals surface area contributed by atoms with Gasteiger partial charge in [-0.3, -0.25) is 0 Å². The lowest BCUT2D eigenvalue weighted by molar-refractivity contribution is 0.437. The summed E-state index contributed by atoms with van der Waals surface area (Å²) in [6.45, 7) is 8.51. The summed E-state index contributed by atoms with van der Waals surface area (Å²) in [5.74, 6) is 0.736. The van der Waals surface area contributed by atoms with E-state index in [1.165, 1.54) is 12.8 Å². The van der Waals surface area contributed by atoms with Gasteiger partial charge in [-0.25, -0.2) is 0 Å². The molecule has 1 aliphatic rings. The van der Waals surface area contributed by atoms with Crippen LogP contribution < -0.4 is 10.6 Å². The Hall–Kier alpha value is -0.500. The van der Waals surface area contributed by atoms with Crippen molar-refractivity contribution in [3.8, 4) is 0 Å². The SMILES string of the molecule is C=C(NC)C1CCC(C(C)C)N1. The second-order valence-electron chi connectivity index (χ2n) is 3.92.